The summed E-state index contributed by atoms with van der Waals surface area (Å²) in [6, 6.07) is -0.0523. The van der Waals surface area contributed by atoms with E-state index in [1.165, 1.54) is 11.3 Å². The van der Waals surface area contributed by atoms with Gasteiger partial charge in [0.2, 0.25) is 11.8 Å². The highest BCUT2D eigenvalue weighted by atomic mass is 32.1. The van der Waals surface area contributed by atoms with Crippen LogP contribution in [0.4, 0.5) is 0 Å². The molecular formula is C18H28N4O3S. The van der Waals surface area contributed by atoms with E-state index in [1.807, 2.05) is 17.2 Å². The number of nitrogens with zero attached hydrogens (tertiary/aromatic N) is 2. The molecule has 0 aliphatic carbocycles. The molecular weight excluding hydrogens is 352 g/mol. The Morgan fingerprint density at radius 1 is 1.35 bits per heavy atom. The molecule has 0 saturated carbocycles. The first-order chi connectivity index (χ1) is 12.5. The number of nitrogens with one attached hydrogen (secondary N) is 2. The highest BCUT2D eigenvalue weighted by molar-refractivity contribution is 7.07. The molecule has 0 aromatic carbocycles. The molecule has 0 bridgehead atoms. The third-order valence-corrected chi connectivity index (χ3v) is 6.22. The maximum atomic E-state index is 12.5. The summed E-state index contributed by atoms with van der Waals surface area (Å²) in [5, 5.41) is 8.07. The zero-order valence-corrected chi connectivity index (χ0v) is 16.1. The van der Waals surface area contributed by atoms with Crippen LogP contribution in [0.5, 0.6) is 0 Å². The van der Waals surface area contributed by atoms with Gasteiger partial charge in [-0.2, -0.15) is 0 Å². The third-order valence-electron chi connectivity index (χ3n) is 5.34. The van der Waals surface area contributed by atoms with Crippen molar-refractivity contribution in [3.63, 3.8) is 0 Å². The Balaban J connectivity index is 1.44. The van der Waals surface area contributed by atoms with E-state index in [2.05, 4.69) is 10.6 Å². The number of likely N-dealkylation sites (tertiary alicyclic amines) is 1. The van der Waals surface area contributed by atoms with Gasteiger partial charge in [0.25, 0.3) is 0 Å². The molecule has 1 aromatic rings. The maximum Gasteiger partial charge on any atom is 0.307 e. The Morgan fingerprint density at radius 2 is 2.19 bits per heavy atom. The highest BCUT2D eigenvalue weighted by Crippen LogP contribution is 2.17. The molecule has 2 unspecified atom stereocenters. The molecule has 2 fully saturated rings. The van der Waals surface area contributed by atoms with Crippen molar-refractivity contribution in [1.82, 2.24) is 20.1 Å². The van der Waals surface area contributed by atoms with Gasteiger partial charge in [0.1, 0.15) is 0 Å². The zero-order valence-electron chi connectivity index (χ0n) is 15.3. The van der Waals surface area contributed by atoms with Crippen LogP contribution in [0.3, 0.4) is 0 Å². The van der Waals surface area contributed by atoms with Gasteiger partial charge in [-0.25, -0.2) is 0 Å². The lowest BCUT2D eigenvalue weighted by molar-refractivity contribution is -0.133. The fourth-order valence-electron chi connectivity index (χ4n) is 3.77. The van der Waals surface area contributed by atoms with Gasteiger partial charge in [-0.15, -0.1) is 0 Å². The first-order valence-corrected chi connectivity index (χ1v) is 10.4. The summed E-state index contributed by atoms with van der Waals surface area (Å²) in [6.45, 7) is 5.33. The average Bonchev–Trinajstić information content (AvgIpc) is 3.29. The van der Waals surface area contributed by atoms with Gasteiger partial charge < -0.3 is 20.1 Å². The smallest absolute Gasteiger partial charge is 0.307 e. The molecule has 2 saturated heterocycles. The van der Waals surface area contributed by atoms with Crippen LogP contribution in [-0.4, -0.2) is 53.5 Å². The predicted molar refractivity (Wildman–Crippen MR) is 101 cm³/mol. The summed E-state index contributed by atoms with van der Waals surface area (Å²) in [7, 11) is 0. The van der Waals surface area contributed by atoms with Crippen LogP contribution in [0.1, 0.15) is 37.8 Å². The first-order valence-electron chi connectivity index (χ1n) is 9.48. The van der Waals surface area contributed by atoms with Crippen LogP contribution in [0.2, 0.25) is 0 Å². The monoisotopic (exact) mass is 380 g/mol. The SMILES string of the molecule is Cc1csc(=O)n1CCC(=O)N1CCCC(CNC(=O)C2CCCN2)C1. The minimum atomic E-state index is -0.0523. The molecule has 2 amide bonds. The van der Waals surface area contributed by atoms with Crippen molar-refractivity contribution in [2.24, 2.45) is 5.92 Å². The summed E-state index contributed by atoms with van der Waals surface area (Å²) in [6.07, 6.45) is 4.30. The van der Waals surface area contributed by atoms with Crippen LogP contribution in [0.15, 0.2) is 10.2 Å². The van der Waals surface area contributed by atoms with Crippen LogP contribution >= 0.6 is 11.3 Å². The average molecular weight is 381 g/mol. The van der Waals surface area contributed by atoms with Crippen LogP contribution in [0, 0.1) is 12.8 Å². The first kappa shape index (κ1) is 19.1. The van der Waals surface area contributed by atoms with Gasteiger partial charge >= 0.3 is 4.87 Å². The number of aromatic nitrogens is 1. The summed E-state index contributed by atoms with van der Waals surface area (Å²) >= 11 is 1.18. The van der Waals surface area contributed by atoms with E-state index in [-0.39, 0.29) is 22.7 Å². The number of thiazole rings is 1. The number of amides is 2. The van der Waals surface area contributed by atoms with Crippen molar-refractivity contribution < 1.29 is 9.59 Å². The Morgan fingerprint density at radius 3 is 2.88 bits per heavy atom. The summed E-state index contributed by atoms with van der Waals surface area (Å²) in [5.74, 6) is 0.484. The van der Waals surface area contributed by atoms with Gasteiger partial charge in [0.05, 0.1) is 6.04 Å². The van der Waals surface area contributed by atoms with Gasteiger partial charge in [-0.3, -0.25) is 14.4 Å². The van der Waals surface area contributed by atoms with Crippen LogP contribution in [0.25, 0.3) is 0 Å². The van der Waals surface area contributed by atoms with Crippen molar-refractivity contribution in [2.45, 2.75) is 51.6 Å². The van der Waals surface area contributed by atoms with Gasteiger partial charge in [-0.1, -0.05) is 11.3 Å². The second kappa shape index (κ2) is 8.81. The molecule has 1 aromatic heterocycles. The van der Waals surface area contributed by atoms with E-state index in [0.717, 1.165) is 44.5 Å². The number of carbonyl (C=O) groups excluding carboxylic acids is 2. The number of rotatable bonds is 6. The predicted octanol–water partition coefficient (Wildman–Crippen LogP) is 0.715. The van der Waals surface area contributed by atoms with Crippen molar-refractivity contribution in [2.75, 3.05) is 26.2 Å². The maximum absolute atomic E-state index is 12.5. The zero-order chi connectivity index (χ0) is 18.5. The normalized spacial score (nSPS) is 23.2. The van der Waals surface area contributed by atoms with Crippen molar-refractivity contribution in [3.05, 3.63) is 20.7 Å². The second-order valence-corrected chi connectivity index (χ2v) is 8.11. The molecule has 8 heteroatoms. The van der Waals surface area contributed by atoms with Crippen LogP contribution < -0.4 is 15.5 Å². The summed E-state index contributed by atoms with van der Waals surface area (Å²) in [5.41, 5.74) is 0.910. The molecule has 2 atom stereocenters. The number of hydrogen-bond donors (Lipinski definition) is 2. The quantitative estimate of drug-likeness (QED) is 0.762. The molecule has 26 heavy (non-hydrogen) atoms. The summed E-state index contributed by atoms with van der Waals surface area (Å²) < 4.78 is 1.67. The van der Waals surface area contributed by atoms with E-state index in [1.54, 1.807) is 4.57 Å². The van der Waals surface area contributed by atoms with E-state index >= 15 is 0 Å². The van der Waals surface area contributed by atoms with Gasteiger partial charge in [-0.05, 0) is 45.1 Å². The molecule has 7 nitrogen and oxygen atoms in total. The minimum Gasteiger partial charge on any atom is -0.354 e. The molecule has 144 valence electrons. The lowest BCUT2D eigenvalue weighted by atomic mass is 9.97. The molecule has 2 aliphatic heterocycles. The molecule has 3 rings (SSSR count). The second-order valence-electron chi connectivity index (χ2n) is 7.29. The number of hydrogen-bond acceptors (Lipinski definition) is 5. The van der Waals surface area contributed by atoms with E-state index in [0.29, 0.717) is 32.0 Å². The lowest BCUT2D eigenvalue weighted by Crippen LogP contribution is -2.46. The number of carbonyl (C=O) groups is 2. The molecule has 2 aliphatic rings. The number of piperidine rings is 1. The Labute approximate surface area is 157 Å². The third kappa shape index (κ3) is 4.73. The number of aryl methyl sites for hydroxylation is 1. The Kier molecular flexibility index (Phi) is 6.48. The van der Waals surface area contributed by atoms with Crippen molar-refractivity contribution in [3.8, 4) is 0 Å². The molecule has 0 radical (unpaired) electrons. The van der Waals surface area contributed by atoms with Crippen LogP contribution in [-0.2, 0) is 16.1 Å². The van der Waals surface area contributed by atoms with E-state index < -0.39 is 0 Å². The van der Waals surface area contributed by atoms with E-state index in [9.17, 15) is 14.4 Å². The lowest BCUT2D eigenvalue weighted by Gasteiger charge is -2.33. The molecule has 2 N–H and O–H groups in total. The fourth-order valence-corrected chi connectivity index (χ4v) is 4.54. The fraction of sp³-hybridized carbons (Fsp3) is 0.722. The molecule has 3 heterocycles. The highest BCUT2D eigenvalue weighted by Gasteiger charge is 2.26. The standard InChI is InChI=1S/C18H28N4O3S/c1-13-12-26-18(25)22(13)9-6-16(23)21-8-3-4-14(11-21)10-20-17(24)15-5-2-7-19-15/h12,14-15,19H,2-11H2,1H3,(H,20,24). The topological polar surface area (TPSA) is 83.4 Å². The van der Waals surface area contributed by atoms with Gasteiger partial charge in [0, 0.05) is 43.7 Å². The minimum absolute atomic E-state index is 0.00458. The van der Waals surface area contributed by atoms with Crippen molar-refractivity contribution in [1.29, 1.82) is 0 Å². The molecule has 0 spiro atoms. The van der Waals surface area contributed by atoms with E-state index in [4.69, 9.17) is 0 Å². The van der Waals surface area contributed by atoms with Gasteiger partial charge in [0.15, 0.2) is 0 Å². The van der Waals surface area contributed by atoms with Crippen molar-refractivity contribution >= 4 is 23.2 Å². The Bertz CT molecular complexity index is 693. The Hall–Kier alpha value is -1.67. The largest absolute Gasteiger partial charge is 0.354 e. The summed E-state index contributed by atoms with van der Waals surface area (Å²) in [4.78, 5) is 38.3.